The Kier molecular flexibility index (Phi) is 6.58. The van der Waals surface area contributed by atoms with Gasteiger partial charge in [-0.2, -0.15) is 5.10 Å². The normalized spacial score (nSPS) is 16.4. The van der Waals surface area contributed by atoms with Gasteiger partial charge in [0.25, 0.3) is 5.91 Å². The lowest BCUT2D eigenvalue weighted by Gasteiger charge is -2.34. The minimum Gasteiger partial charge on any atom is -0.297 e. The van der Waals surface area contributed by atoms with Crippen LogP contribution in [0, 0.1) is 0 Å². The molecule has 0 unspecified atom stereocenters. The Morgan fingerprint density at radius 3 is 2.56 bits per heavy atom. The number of carbonyl (C=O) groups excluding carboxylic acids is 1. The van der Waals surface area contributed by atoms with Crippen molar-refractivity contribution in [2.75, 3.05) is 32.7 Å². The van der Waals surface area contributed by atoms with E-state index in [1.54, 1.807) is 17.6 Å². The molecule has 3 rings (SSSR count). The molecule has 0 atom stereocenters. The van der Waals surface area contributed by atoms with Crippen molar-refractivity contribution in [1.29, 1.82) is 0 Å². The SMILES string of the molecule is O=C(CN1CCN(Cc2ccc(Cl)cc2)CC1)N/N=C/c1cccs1. The van der Waals surface area contributed by atoms with Crippen molar-refractivity contribution in [1.82, 2.24) is 15.2 Å². The zero-order chi connectivity index (χ0) is 17.5. The second-order valence-corrected chi connectivity index (χ2v) is 7.40. The topological polar surface area (TPSA) is 47.9 Å². The smallest absolute Gasteiger partial charge is 0.254 e. The second kappa shape index (κ2) is 9.10. The van der Waals surface area contributed by atoms with E-state index in [1.165, 1.54) is 5.56 Å². The van der Waals surface area contributed by atoms with Crippen LogP contribution in [0.5, 0.6) is 0 Å². The van der Waals surface area contributed by atoms with E-state index >= 15 is 0 Å². The van der Waals surface area contributed by atoms with Gasteiger partial charge in [0.15, 0.2) is 0 Å². The van der Waals surface area contributed by atoms with Gasteiger partial charge in [-0.15, -0.1) is 11.3 Å². The van der Waals surface area contributed by atoms with Gasteiger partial charge in [0.2, 0.25) is 0 Å². The van der Waals surface area contributed by atoms with Crippen LogP contribution in [0.4, 0.5) is 0 Å². The zero-order valence-corrected chi connectivity index (χ0v) is 15.5. The predicted molar refractivity (Wildman–Crippen MR) is 103 cm³/mol. The Balaban J connectivity index is 1.37. The van der Waals surface area contributed by atoms with Crippen molar-refractivity contribution in [3.63, 3.8) is 0 Å². The summed E-state index contributed by atoms with van der Waals surface area (Å²) in [7, 11) is 0. The minimum absolute atomic E-state index is 0.0704. The van der Waals surface area contributed by atoms with Gasteiger partial charge < -0.3 is 0 Å². The highest BCUT2D eigenvalue weighted by Crippen LogP contribution is 2.12. The molecule has 2 heterocycles. The summed E-state index contributed by atoms with van der Waals surface area (Å²) in [6.07, 6.45) is 1.67. The number of hydrazone groups is 1. The quantitative estimate of drug-likeness (QED) is 0.623. The highest BCUT2D eigenvalue weighted by Gasteiger charge is 2.18. The Labute approximate surface area is 156 Å². The molecule has 1 aromatic carbocycles. The number of nitrogens with one attached hydrogen (secondary N) is 1. The second-order valence-electron chi connectivity index (χ2n) is 5.99. The van der Waals surface area contributed by atoms with Crippen LogP contribution < -0.4 is 5.43 Å². The third-order valence-electron chi connectivity index (χ3n) is 4.08. The van der Waals surface area contributed by atoms with Crippen molar-refractivity contribution in [2.24, 2.45) is 5.10 Å². The number of amides is 1. The van der Waals surface area contributed by atoms with Crippen molar-refractivity contribution in [3.05, 3.63) is 57.2 Å². The maximum absolute atomic E-state index is 12.0. The number of hydrogen-bond donors (Lipinski definition) is 1. The molecule has 1 fully saturated rings. The third-order valence-corrected chi connectivity index (χ3v) is 5.13. The van der Waals surface area contributed by atoms with Gasteiger partial charge in [0.1, 0.15) is 0 Å². The van der Waals surface area contributed by atoms with Gasteiger partial charge in [0.05, 0.1) is 12.8 Å². The predicted octanol–water partition coefficient (Wildman–Crippen LogP) is 2.67. The molecule has 1 saturated heterocycles. The van der Waals surface area contributed by atoms with E-state index in [1.807, 2.05) is 29.6 Å². The van der Waals surface area contributed by atoms with Crippen LogP contribution in [0.3, 0.4) is 0 Å². The number of thiophene rings is 1. The lowest BCUT2D eigenvalue weighted by Crippen LogP contribution is -2.48. The van der Waals surface area contributed by atoms with E-state index in [0.717, 1.165) is 42.6 Å². The van der Waals surface area contributed by atoms with Gasteiger partial charge in [0, 0.05) is 42.6 Å². The highest BCUT2D eigenvalue weighted by molar-refractivity contribution is 7.11. The summed E-state index contributed by atoms with van der Waals surface area (Å²) in [6, 6.07) is 11.9. The number of carbonyl (C=O) groups is 1. The van der Waals surface area contributed by atoms with E-state index < -0.39 is 0 Å². The van der Waals surface area contributed by atoms with Gasteiger partial charge in [-0.3, -0.25) is 14.6 Å². The van der Waals surface area contributed by atoms with Gasteiger partial charge >= 0.3 is 0 Å². The minimum atomic E-state index is -0.0704. The van der Waals surface area contributed by atoms with Crippen LogP contribution in [-0.4, -0.2) is 54.6 Å². The largest absolute Gasteiger partial charge is 0.297 e. The van der Waals surface area contributed by atoms with Crippen LogP contribution >= 0.6 is 22.9 Å². The molecule has 1 aromatic heterocycles. The fourth-order valence-corrected chi connectivity index (χ4v) is 3.44. The molecule has 0 saturated carbocycles. The van der Waals surface area contributed by atoms with Crippen LogP contribution in [0.25, 0.3) is 0 Å². The Bertz CT molecular complexity index is 694. The Morgan fingerprint density at radius 1 is 1.16 bits per heavy atom. The number of rotatable bonds is 6. The maximum Gasteiger partial charge on any atom is 0.254 e. The summed E-state index contributed by atoms with van der Waals surface area (Å²) in [5.41, 5.74) is 3.86. The monoisotopic (exact) mass is 376 g/mol. The molecule has 25 heavy (non-hydrogen) atoms. The fourth-order valence-electron chi connectivity index (χ4n) is 2.72. The Hall–Kier alpha value is -1.73. The Morgan fingerprint density at radius 2 is 1.88 bits per heavy atom. The van der Waals surface area contributed by atoms with Crippen LogP contribution in [0.1, 0.15) is 10.4 Å². The van der Waals surface area contributed by atoms with Crippen LogP contribution in [-0.2, 0) is 11.3 Å². The van der Waals surface area contributed by atoms with Crippen LogP contribution in [0.2, 0.25) is 5.02 Å². The summed E-state index contributed by atoms with van der Waals surface area (Å²) in [4.78, 5) is 17.5. The van der Waals surface area contributed by atoms with Crippen molar-refractivity contribution in [3.8, 4) is 0 Å². The number of hydrogen-bond acceptors (Lipinski definition) is 5. The first-order chi connectivity index (χ1) is 12.2. The average molecular weight is 377 g/mol. The van der Waals surface area contributed by atoms with Gasteiger partial charge in [-0.25, -0.2) is 5.43 Å². The molecule has 1 amide bonds. The molecule has 0 spiro atoms. The van der Waals surface area contributed by atoms with Gasteiger partial charge in [-0.1, -0.05) is 29.8 Å². The van der Waals surface area contributed by atoms with Crippen molar-refractivity contribution in [2.45, 2.75) is 6.54 Å². The molecule has 0 aliphatic carbocycles. The summed E-state index contributed by atoms with van der Waals surface area (Å²) in [5.74, 6) is -0.0704. The average Bonchev–Trinajstić information content (AvgIpc) is 3.12. The highest BCUT2D eigenvalue weighted by atomic mass is 35.5. The summed E-state index contributed by atoms with van der Waals surface area (Å²) >= 11 is 7.51. The fraction of sp³-hybridized carbons (Fsp3) is 0.333. The molecule has 0 radical (unpaired) electrons. The lowest BCUT2D eigenvalue weighted by atomic mass is 10.2. The molecule has 5 nitrogen and oxygen atoms in total. The molecule has 1 aliphatic heterocycles. The zero-order valence-electron chi connectivity index (χ0n) is 13.9. The first kappa shape index (κ1) is 18.1. The van der Waals surface area contributed by atoms with E-state index in [-0.39, 0.29) is 5.91 Å². The van der Waals surface area contributed by atoms with E-state index in [0.29, 0.717) is 6.54 Å². The summed E-state index contributed by atoms with van der Waals surface area (Å²) < 4.78 is 0. The van der Waals surface area contributed by atoms with Gasteiger partial charge in [-0.05, 0) is 29.1 Å². The van der Waals surface area contributed by atoms with Crippen LogP contribution in [0.15, 0.2) is 46.9 Å². The van der Waals surface area contributed by atoms with E-state index in [9.17, 15) is 4.79 Å². The standard InChI is InChI=1S/C18H21ClN4OS/c19-16-5-3-15(4-6-16)13-22-7-9-23(10-8-22)14-18(24)21-20-12-17-2-1-11-25-17/h1-6,11-12H,7-10,13-14H2,(H,21,24)/b20-12+. The molecular weight excluding hydrogens is 356 g/mol. The number of nitrogens with zero attached hydrogens (tertiary/aromatic N) is 3. The molecule has 1 aliphatic rings. The van der Waals surface area contributed by atoms with Crippen molar-refractivity contribution >= 4 is 35.1 Å². The first-order valence-electron chi connectivity index (χ1n) is 8.23. The molecule has 7 heteroatoms. The van der Waals surface area contributed by atoms with E-state index in [2.05, 4.69) is 32.5 Å². The lowest BCUT2D eigenvalue weighted by molar-refractivity contribution is -0.122. The number of benzene rings is 1. The van der Waals surface area contributed by atoms with Crippen molar-refractivity contribution < 1.29 is 4.79 Å². The molecule has 2 aromatic rings. The maximum atomic E-state index is 12.0. The van der Waals surface area contributed by atoms with E-state index in [4.69, 9.17) is 11.6 Å². The molecule has 1 N–H and O–H groups in total. The summed E-state index contributed by atoms with van der Waals surface area (Å²) in [5, 5.41) is 6.74. The molecule has 132 valence electrons. The number of piperazine rings is 1. The molecule has 0 bridgehead atoms. The summed E-state index contributed by atoms with van der Waals surface area (Å²) in [6.45, 7) is 4.98. The molecular formula is C18H21ClN4OS. The third kappa shape index (κ3) is 5.93. The number of halogens is 1. The first-order valence-corrected chi connectivity index (χ1v) is 9.49.